The van der Waals surface area contributed by atoms with Crippen molar-refractivity contribution < 1.29 is 5.11 Å². The first-order chi connectivity index (χ1) is 6.18. The minimum Gasteiger partial charge on any atom is -0.393 e. The molecular formula is C10H21NOS. The van der Waals surface area contributed by atoms with E-state index in [1.165, 1.54) is 6.42 Å². The average molecular weight is 203 g/mol. The molecule has 0 rings (SSSR count). The lowest BCUT2D eigenvalue weighted by atomic mass is 10.2. The Balaban J connectivity index is 0. The first kappa shape index (κ1) is 15.2. The molecule has 0 aliphatic heterocycles. The highest BCUT2D eigenvalue weighted by molar-refractivity contribution is 7.78. The van der Waals surface area contributed by atoms with E-state index in [0.29, 0.717) is 0 Å². The van der Waals surface area contributed by atoms with E-state index >= 15 is 0 Å². The Morgan fingerprint density at radius 3 is 2.23 bits per heavy atom. The maximum Gasteiger partial charge on any atom is 0.0584 e. The van der Waals surface area contributed by atoms with Crippen molar-refractivity contribution in [1.82, 2.24) is 0 Å². The Morgan fingerprint density at radius 1 is 1.38 bits per heavy atom. The molecule has 0 aromatic heterocycles. The van der Waals surface area contributed by atoms with Crippen LogP contribution in [0.3, 0.4) is 0 Å². The van der Waals surface area contributed by atoms with Gasteiger partial charge in [0, 0.05) is 6.54 Å². The molecule has 0 amide bonds. The summed E-state index contributed by atoms with van der Waals surface area (Å²) in [4.78, 5) is 3.73. The quantitative estimate of drug-likeness (QED) is 0.423. The van der Waals surface area contributed by atoms with Crippen LogP contribution in [0.1, 0.15) is 46.5 Å². The zero-order valence-corrected chi connectivity index (χ0v) is 9.73. The highest BCUT2D eigenvalue weighted by atomic mass is 32.1. The van der Waals surface area contributed by atoms with Crippen LogP contribution in [0.4, 0.5) is 0 Å². The molecule has 3 heteroatoms. The van der Waals surface area contributed by atoms with Gasteiger partial charge in [-0.25, -0.2) is 4.99 Å². The van der Waals surface area contributed by atoms with Crippen LogP contribution in [0.15, 0.2) is 4.99 Å². The number of rotatable bonds is 5. The van der Waals surface area contributed by atoms with Crippen molar-refractivity contribution in [2.75, 3.05) is 6.54 Å². The van der Waals surface area contributed by atoms with Crippen molar-refractivity contribution in [1.29, 1.82) is 0 Å². The van der Waals surface area contributed by atoms with E-state index in [-0.39, 0.29) is 6.10 Å². The third kappa shape index (κ3) is 24.5. The van der Waals surface area contributed by atoms with Crippen LogP contribution in [0, 0.1) is 0 Å². The van der Waals surface area contributed by atoms with Crippen LogP contribution in [-0.4, -0.2) is 22.9 Å². The number of hydrogen-bond donors (Lipinski definition) is 1. The zero-order chi connectivity index (χ0) is 10.5. The SMILES string of the molecule is CCCC(C)O.CCCCN=C=S. The van der Waals surface area contributed by atoms with Crippen molar-refractivity contribution >= 4 is 17.4 Å². The van der Waals surface area contributed by atoms with Crippen LogP contribution in [0.5, 0.6) is 0 Å². The van der Waals surface area contributed by atoms with Gasteiger partial charge >= 0.3 is 0 Å². The fourth-order valence-corrected chi connectivity index (χ4v) is 0.792. The van der Waals surface area contributed by atoms with E-state index in [2.05, 4.69) is 36.2 Å². The Hall–Kier alpha value is -0.240. The summed E-state index contributed by atoms with van der Waals surface area (Å²) in [6, 6.07) is 0. The molecule has 1 N–H and O–H groups in total. The van der Waals surface area contributed by atoms with Crippen molar-refractivity contribution in [2.45, 2.75) is 52.6 Å². The Labute approximate surface area is 87.1 Å². The van der Waals surface area contributed by atoms with Gasteiger partial charge in [-0.15, -0.1) is 0 Å². The van der Waals surface area contributed by atoms with Gasteiger partial charge in [-0.05, 0) is 32.0 Å². The first-order valence-electron chi connectivity index (χ1n) is 4.90. The second-order valence-electron chi connectivity index (χ2n) is 2.96. The van der Waals surface area contributed by atoms with Gasteiger partial charge in [-0.1, -0.05) is 26.7 Å². The number of aliphatic hydroxyl groups is 1. The lowest BCUT2D eigenvalue weighted by Crippen LogP contribution is -1.95. The van der Waals surface area contributed by atoms with Gasteiger partial charge in [0.1, 0.15) is 0 Å². The van der Waals surface area contributed by atoms with Gasteiger partial charge in [0.2, 0.25) is 0 Å². The third-order valence-electron chi connectivity index (χ3n) is 1.39. The summed E-state index contributed by atoms with van der Waals surface area (Å²) in [7, 11) is 0. The third-order valence-corrected chi connectivity index (χ3v) is 1.52. The predicted molar refractivity (Wildman–Crippen MR) is 61.4 cm³/mol. The van der Waals surface area contributed by atoms with E-state index in [1.807, 2.05) is 6.92 Å². The molecule has 1 atom stereocenters. The molecule has 2 nitrogen and oxygen atoms in total. The minimum atomic E-state index is -0.102. The molecular weight excluding hydrogens is 182 g/mol. The molecule has 78 valence electrons. The zero-order valence-electron chi connectivity index (χ0n) is 8.92. The molecule has 0 bridgehead atoms. The highest BCUT2D eigenvalue weighted by Crippen LogP contribution is 1.91. The van der Waals surface area contributed by atoms with Crippen LogP contribution < -0.4 is 0 Å². The number of unbranched alkanes of at least 4 members (excludes halogenated alkanes) is 1. The summed E-state index contributed by atoms with van der Waals surface area (Å²) in [6.45, 7) is 6.84. The maximum atomic E-state index is 8.55. The molecule has 0 fully saturated rings. The monoisotopic (exact) mass is 203 g/mol. The van der Waals surface area contributed by atoms with Crippen molar-refractivity contribution in [3.8, 4) is 0 Å². The normalized spacial score (nSPS) is 10.8. The summed E-state index contributed by atoms with van der Waals surface area (Å²) in [5, 5.41) is 10.9. The second-order valence-corrected chi connectivity index (χ2v) is 3.15. The lowest BCUT2D eigenvalue weighted by Gasteiger charge is -1.95. The van der Waals surface area contributed by atoms with Crippen LogP contribution in [-0.2, 0) is 0 Å². The summed E-state index contributed by atoms with van der Waals surface area (Å²) >= 11 is 4.35. The van der Waals surface area contributed by atoms with Gasteiger partial charge < -0.3 is 5.11 Å². The van der Waals surface area contributed by atoms with Crippen molar-refractivity contribution in [3.05, 3.63) is 0 Å². The molecule has 0 spiro atoms. The lowest BCUT2D eigenvalue weighted by molar-refractivity contribution is 0.183. The predicted octanol–water partition coefficient (Wildman–Crippen LogP) is 3.06. The Bertz CT molecular complexity index is 131. The molecule has 0 aromatic rings. The molecule has 13 heavy (non-hydrogen) atoms. The van der Waals surface area contributed by atoms with Crippen LogP contribution in [0.25, 0.3) is 0 Å². The van der Waals surface area contributed by atoms with E-state index in [1.54, 1.807) is 0 Å². The summed E-state index contributed by atoms with van der Waals surface area (Å²) in [6.07, 6.45) is 4.22. The Kier molecular flexibility index (Phi) is 16.8. The molecule has 1 unspecified atom stereocenters. The first-order valence-corrected chi connectivity index (χ1v) is 5.31. The molecule has 0 saturated heterocycles. The average Bonchev–Trinajstić information content (AvgIpc) is 2.06. The van der Waals surface area contributed by atoms with Crippen molar-refractivity contribution in [3.63, 3.8) is 0 Å². The van der Waals surface area contributed by atoms with Gasteiger partial charge in [0.15, 0.2) is 0 Å². The van der Waals surface area contributed by atoms with Crippen LogP contribution in [0.2, 0.25) is 0 Å². The standard InChI is InChI=1S/C5H9NS.C5H12O/c1-2-3-4-6-5-7;1-3-4-5(2)6/h2-4H2,1H3;5-6H,3-4H2,1-2H3. The smallest absolute Gasteiger partial charge is 0.0584 e. The molecule has 0 radical (unpaired) electrons. The molecule has 0 aliphatic carbocycles. The number of thiocarbonyl (C=S) groups is 1. The van der Waals surface area contributed by atoms with Gasteiger partial charge in [0.05, 0.1) is 11.3 Å². The number of aliphatic imine (C=N–C) groups is 1. The topological polar surface area (TPSA) is 32.6 Å². The number of aliphatic hydroxyl groups excluding tert-OH is 1. The maximum absolute atomic E-state index is 8.55. The van der Waals surface area contributed by atoms with Gasteiger partial charge in [0.25, 0.3) is 0 Å². The fourth-order valence-electron chi connectivity index (χ4n) is 0.701. The number of isothiocyanates is 1. The van der Waals surface area contributed by atoms with Crippen LogP contribution >= 0.6 is 12.2 Å². The second kappa shape index (κ2) is 14.3. The van der Waals surface area contributed by atoms with Crippen molar-refractivity contribution in [2.24, 2.45) is 4.99 Å². The van der Waals surface area contributed by atoms with E-state index in [4.69, 9.17) is 5.11 Å². The minimum absolute atomic E-state index is 0.102. The fraction of sp³-hybridized carbons (Fsp3) is 0.900. The summed E-state index contributed by atoms with van der Waals surface area (Å²) < 4.78 is 0. The highest BCUT2D eigenvalue weighted by Gasteiger charge is 1.87. The number of nitrogens with zero attached hydrogens (tertiary/aromatic N) is 1. The van der Waals surface area contributed by atoms with E-state index in [9.17, 15) is 0 Å². The summed E-state index contributed by atoms with van der Waals surface area (Å²) in [5.74, 6) is 0. The van der Waals surface area contributed by atoms with Gasteiger partial charge in [-0.2, -0.15) is 0 Å². The molecule has 0 heterocycles. The molecule has 0 aromatic carbocycles. The molecule has 0 saturated carbocycles. The van der Waals surface area contributed by atoms with E-state index < -0.39 is 0 Å². The summed E-state index contributed by atoms with van der Waals surface area (Å²) in [5.41, 5.74) is 0. The largest absolute Gasteiger partial charge is 0.393 e. The van der Waals surface area contributed by atoms with Gasteiger partial charge in [-0.3, -0.25) is 0 Å². The molecule has 0 aliphatic rings. The van der Waals surface area contributed by atoms with E-state index in [0.717, 1.165) is 25.8 Å². The number of hydrogen-bond acceptors (Lipinski definition) is 3. The Morgan fingerprint density at radius 2 is 2.00 bits per heavy atom.